The van der Waals surface area contributed by atoms with Crippen LogP contribution in [0.3, 0.4) is 0 Å². The third-order valence-electron chi connectivity index (χ3n) is 5.30. The number of halogens is 1. The van der Waals surface area contributed by atoms with E-state index < -0.39 is 23.5 Å². The summed E-state index contributed by atoms with van der Waals surface area (Å²) < 4.78 is 13.4. The lowest BCUT2D eigenvalue weighted by atomic mass is 9.95. The maximum Gasteiger partial charge on any atom is 0.300 e. The molecule has 1 fully saturated rings. The number of aryl methyl sites for hydroxylation is 1. The predicted octanol–water partition coefficient (Wildman–Crippen LogP) is 5.01. The Morgan fingerprint density at radius 1 is 0.933 bits per heavy atom. The van der Waals surface area contributed by atoms with E-state index in [9.17, 15) is 19.1 Å². The zero-order valence-corrected chi connectivity index (χ0v) is 16.4. The predicted molar refractivity (Wildman–Crippen MR) is 113 cm³/mol. The molecule has 4 rings (SSSR count). The van der Waals surface area contributed by atoms with Crippen LogP contribution in [0.2, 0.25) is 0 Å². The summed E-state index contributed by atoms with van der Waals surface area (Å²) in [6, 6.07) is 20.8. The Hall–Kier alpha value is -3.73. The van der Waals surface area contributed by atoms with E-state index in [2.05, 4.69) is 0 Å². The molecule has 150 valence electrons. The average Bonchev–Trinajstić information content (AvgIpc) is 3.05. The van der Waals surface area contributed by atoms with Crippen molar-refractivity contribution in [1.29, 1.82) is 0 Å². The maximum atomic E-state index is 13.4. The molecular formula is C25H20FNO3. The van der Waals surface area contributed by atoms with Crippen LogP contribution in [-0.4, -0.2) is 16.8 Å². The molecule has 30 heavy (non-hydrogen) atoms. The highest BCUT2D eigenvalue weighted by Gasteiger charge is 2.46. The third-order valence-corrected chi connectivity index (χ3v) is 5.30. The molecule has 1 unspecified atom stereocenters. The normalized spacial score (nSPS) is 18.1. The van der Waals surface area contributed by atoms with Crippen molar-refractivity contribution in [1.82, 2.24) is 0 Å². The highest BCUT2D eigenvalue weighted by molar-refractivity contribution is 6.51. The summed E-state index contributed by atoms with van der Waals surface area (Å²) in [5.74, 6) is -2.20. The zero-order valence-electron chi connectivity index (χ0n) is 16.4. The molecule has 1 aliphatic rings. The zero-order chi connectivity index (χ0) is 21.3. The van der Waals surface area contributed by atoms with Crippen molar-refractivity contribution in [2.45, 2.75) is 19.4 Å². The molecule has 1 amide bonds. The van der Waals surface area contributed by atoms with E-state index in [1.165, 1.54) is 29.2 Å². The van der Waals surface area contributed by atoms with E-state index in [1.54, 1.807) is 36.4 Å². The van der Waals surface area contributed by atoms with Crippen molar-refractivity contribution in [2.24, 2.45) is 0 Å². The number of Topliss-reactive ketones (excluding diaryl/α,β-unsaturated/α-hetero) is 1. The number of nitrogens with zero attached hydrogens (tertiary/aromatic N) is 1. The van der Waals surface area contributed by atoms with Crippen molar-refractivity contribution in [2.75, 3.05) is 4.90 Å². The largest absolute Gasteiger partial charge is 0.507 e. The van der Waals surface area contributed by atoms with Gasteiger partial charge in [0.25, 0.3) is 11.7 Å². The van der Waals surface area contributed by atoms with Crippen LogP contribution in [-0.2, 0) is 16.0 Å². The maximum absolute atomic E-state index is 13.4. The Morgan fingerprint density at radius 3 is 2.17 bits per heavy atom. The third kappa shape index (κ3) is 3.39. The fourth-order valence-electron chi connectivity index (χ4n) is 3.71. The number of aliphatic hydroxyl groups is 1. The van der Waals surface area contributed by atoms with Gasteiger partial charge in [-0.1, -0.05) is 61.5 Å². The summed E-state index contributed by atoms with van der Waals surface area (Å²) >= 11 is 0. The average molecular weight is 401 g/mol. The minimum Gasteiger partial charge on any atom is -0.507 e. The molecule has 5 heteroatoms. The van der Waals surface area contributed by atoms with Crippen LogP contribution in [0.4, 0.5) is 10.1 Å². The van der Waals surface area contributed by atoms with Crippen LogP contribution in [0.1, 0.15) is 29.7 Å². The molecular weight excluding hydrogens is 381 g/mol. The van der Waals surface area contributed by atoms with Crippen LogP contribution in [0.25, 0.3) is 5.76 Å². The molecule has 0 bridgehead atoms. The first-order valence-electron chi connectivity index (χ1n) is 9.72. The minimum atomic E-state index is -0.817. The SMILES string of the molecule is CCc1ccc(/C(O)=C2\C(=O)C(=O)N(c3ccc(F)cc3)C2c2ccccc2)cc1. The van der Waals surface area contributed by atoms with E-state index in [1.807, 2.05) is 25.1 Å². The molecule has 1 saturated heterocycles. The smallest absolute Gasteiger partial charge is 0.300 e. The number of hydrogen-bond donors (Lipinski definition) is 1. The van der Waals surface area contributed by atoms with E-state index >= 15 is 0 Å². The number of anilines is 1. The topological polar surface area (TPSA) is 57.6 Å². The summed E-state index contributed by atoms with van der Waals surface area (Å²) in [6.45, 7) is 2.03. The van der Waals surface area contributed by atoms with Crippen molar-refractivity contribution < 1.29 is 19.1 Å². The van der Waals surface area contributed by atoms with Crippen molar-refractivity contribution in [3.05, 3.63) is 107 Å². The van der Waals surface area contributed by atoms with Gasteiger partial charge in [-0.2, -0.15) is 0 Å². The van der Waals surface area contributed by atoms with Crippen molar-refractivity contribution >= 4 is 23.1 Å². The number of rotatable bonds is 4. The van der Waals surface area contributed by atoms with Gasteiger partial charge in [-0.15, -0.1) is 0 Å². The summed E-state index contributed by atoms with van der Waals surface area (Å²) in [6.07, 6.45) is 0.847. The van der Waals surface area contributed by atoms with Crippen LogP contribution in [0.5, 0.6) is 0 Å². The molecule has 1 N–H and O–H groups in total. The van der Waals surface area contributed by atoms with Crippen LogP contribution >= 0.6 is 0 Å². The quantitative estimate of drug-likeness (QED) is 0.380. The van der Waals surface area contributed by atoms with E-state index in [0.717, 1.165) is 12.0 Å². The Labute approximate surface area is 173 Å². The van der Waals surface area contributed by atoms with Gasteiger partial charge >= 0.3 is 0 Å². The van der Waals surface area contributed by atoms with Crippen LogP contribution in [0.15, 0.2) is 84.4 Å². The van der Waals surface area contributed by atoms with Gasteiger partial charge in [0.1, 0.15) is 11.6 Å². The Bertz CT molecular complexity index is 1120. The fourth-order valence-corrected chi connectivity index (χ4v) is 3.71. The Balaban J connectivity index is 1.90. The van der Waals surface area contributed by atoms with Crippen molar-refractivity contribution in [3.8, 4) is 0 Å². The lowest BCUT2D eigenvalue weighted by Crippen LogP contribution is -2.29. The second kappa shape index (κ2) is 7.95. The summed E-state index contributed by atoms with van der Waals surface area (Å²) in [5.41, 5.74) is 2.63. The second-order valence-corrected chi connectivity index (χ2v) is 7.11. The number of hydrogen-bond acceptors (Lipinski definition) is 3. The number of benzene rings is 3. The lowest BCUT2D eigenvalue weighted by molar-refractivity contribution is -0.132. The number of carbonyl (C=O) groups excluding carboxylic acids is 2. The summed E-state index contributed by atoms with van der Waals surface area (Å²) in [4.78, 5) is 27.3. The van der Waals surface area contributed by atoms with Gasteiger partial charge in [0.15, 0.2) is 0 Å². The number of aliphatic hydroxyl groups excluding tert-OH is 1. The van der Waals surface area contributed by atoms with Gasteiger partial charge in [0.2, 0.25) is 0 Å². The molecule has 0 spiro atoms. The molecule has 0 aliphatic carbocycles. The summed E-state index contributed by atoms with van der Waals surface area (Å²) in [7, 11) is 0. The second-order valence-electron chi connectivity index (χ2n) is 7.11. The van der Waals surface area contributed by atoms with Gasteiger partial charge in [-0.05, 0) is 41.8 Å². The molecule has 4 nitrogen and oxygen atoms in total. The van der Waals surface area contributed by atoms with Gasteiger partial charge in [-0.25, -0.2) is 4.39 Å². The first kappa shape index (κ1) is 19.6. The Morgan fingerprint density at radius 2 is 1.57 bits per heavy atom. The van der Waals surface area contributed by atoms with E-state index in [4.69, 9.17) is 0 Å². The van der Waals surface area contributed by atoms with Crippen LogP contribution < -0.4 is 4.90 Å². The number of carbonyl (C=O) groups is 2. The van der Waals surface area contributed by atoms with Gasteiger partial charge in [0.05, 0.1) is 11.6 Å². The highest BCUT2D eigenvalue weighted by Crippen LogP contribution is 2.42. The molecule has 1 atom stereocenters. The van der Waals surface area contributed by atoms with Gasteiger partial charge < -0.3 is 5.11 Å². The number of ketones is 1. The van der Waals surface area contributed by atoms with Crippen molar-refractivity contribution in [3.63, 3.8) is 0 Å². The van der Waals surface area contributed by atoms with E-state index in [-0.39, 0.29) is 11.3 Å². The molecule has 0 aromatic heterocycles. The molecule has 0 radical (unpaired) electrons. The lowest BCUT2D eigenvalue weighted by Gasteiger charge is -2.25. The molecule has 3 aromatic rings. The van der Waals surface area contributed by atoms with Gasteiger partial charge in [-0.3, -0.25) is 14.5 Å². The molecule has 1 heterocycles. The highest BCUT2D eigenvalue weighted by atomic mass is 19.1. The monoisotopic (exact) mass is 401 g/mol. The number of amides is 1. The molecule has 3 aromatic carbocycles. The first-order chi connectivity index (χ1) is 14.5. The molecule has 0 saturated carbocycles. The van der Waals surface area contributed by atoms with Gasteiger partial charge in [0, 0.05) is 11.3 Å². The fraction of sp³-hybridized carbons (Fsp3) is 0.120. The first-order valence-corrected chi connectivity index (χ1v) is 9.72. The Kier molecular flexibility index (Phi) is 5.19. The van der Waals surface area contributed by atoms with E-state index in [0.29, 0.717) is 16.8 Å². The standard InChI is InChI=1S/C25H20FNO3/c1-2-16-8-10-18(11-9-16)23(28)21-22(17-6-4-3-5-7-17)27(25(30)24(21)29)20-14-12-19(26)13-15-20/h3-15,22,28H,2H2,1H3/b23-21+. The summed E-state index contributed by atoms with van der Waals surface area (Å²) in [5, 5.41) is 11.0. The molecule has 1 aliphatic heterocycles. The van der Waals surface area contributed by atoms with Crippen LogP contribution in [0, 0.1) is 5.82 Å². The minimum absolute atomic E-state index is 0.0137.